The number of amides is 3. The van der Waals surface area contributed by atoms with Gasteiger partial charge in [-0.2, -0.15) is 0 Å². The van der Waals surface area contributed by atoms with Crippen molar-refractivity contribution in [3.05, 3.63) is 29.3 Å². The number of aliphatic imine (C=N–C) groups is 1. The number of halogens is 1. The van der Waals surface area contributed by atoms with E-state index in [1.54, 1.807) is 31.3 Å². The summed E-state index contributed by atoms with van der Waals surface area (Å²) < 4.78 is 5.68. The number of urea groups is 1. The number of aliphatic hydroxyl groups excluding tert-OH is 1. The third-order valence-corrected chi connectivity index (χ3v) is 6.19. The van der Waals surface area contributed by atoms with Crippen LogP contribution >= 0.6 is 11.6 Å². The first kappa shape index (κ1) is 21.7. The minimum absolute atomic E-state index is 0.0512. The topological polar surface area (TPSA) is 97.7 Å². The number of nitrogens with one attached hydrogen (secondary N) is 1. The number of fused-ring (bicyclic) bond motifs is 1. The molecular weight excluding hydrogens is 422 g/mol. The molecule has 3 aliphatic rings. The van der Waals surface area contributed by atoms with Gasteiger partial charge in [0.2, 0.25) is 0 Å². The van der Waals surface area contributed by atoms with Crippen molar-refractivity contribution in [3.8, 4) is 5.75 Å². The molecule has 2 fully saturated rings. The summed E-state index contributed by atoms with van der Waals surface area (Å²) in [6.07, 6.45) is 0.704. The van der Waals surface area contributed by atoms with Crippen molar-refractivity contribution in [1.82, 2.24) is 20.0 Å². The van der Waals surface area contributed by atoms with Crippen LogP contribution in [0.2, 0.25) is 5.02 Å². The summed E-state index contributed by atoms with van der Waals surface area (Å²) in [6, 6.07) is 5.76. The van der Waals surface area contributed by atoms with Crippen LogP contribution in [0.15, 0.2) is 29.3 Å². The van der Waals surface area contributed by atoms with Gasteiger partial charge in [-0.1, -0.05) is 18.5 Å². The number of hydrogen-bond acceptors (Lipinski definition) is 7. The number of likely N-dealkylation sites (tertiary alicyclic amines) is 1. The van der Waals surface area contributed by atoms with Gasteiger partial charge in [0.05, 0.1) is 6.54 Å². The number of nitrogens with zero attached hydrogens (tertiary/aromatic N) is 4. The van der Waals surface area contributed by atoms with Crippen molar-refractivity contribution in [2.75, 3.05) is 33.3 Å². The number of likely N-dealkylation sites (N-methyl/N-ethyl adjacent to an activating group) is 1. The lowest BCUT2D eigenvalue weighted by Crippen LogP contribution is -2.65. The molecule has 9 nitrogen and oxygen atoms in total. The van der Waals surface area contributed by atoms with Crippen LogP contribution in [0.25, 0.3) is 0 Å². The van der Waals surface area contributed by atoms with Gasteiger partial charge in [0.15, 0.2) is 18.2 Å². The molecule has 168 valence electrons. The maximum atomic E-state index is 12.7. The molecule has 0 saturated carbocycles. The Morgan fingerprint density at radius 1 is 1.32 bits per heavy atom. The number of piperidine rings is 1. The fourth-order valence-electron chi connectivity index (χ4n) is 4.34. The third-order valence-electron chi connectivity index (χ3n) is 5.94. The van der Waals surface area contributed by atoms with Gasteiger partial charge in [-0.05, 0) is 43.0 Å². The predicted octanol–water partition coefficient (Wildman–Crippen LogP) is 1.36. The van der Waals surface area contributed by atoms with E-state index in [0.29, 0.717) is 22.6 Å². The zero-order valence-corrected chi connectivity index (χ0v) is 18.5. The second-order valence-corrected chi connectivity index (χ2v) is 8.89. The zero-order chi connectivity index (χ0) is 22.1. The Morgan fingerprint density at radius 3 is 2.77 bits per heavy atom. The first-order chi connectivity index (χ1) is 14.8. The van der Waals surface area contributed by atoms with E-state index in [1.165, 1.54) is 4.90 Å². The minimum Gasteiger partial charge on any atom is -0.491 e. The fraction of sp³-hybridized carbons (Fsp3) is 0.571. The van der Waals surface area contributed by atoms with Crippen molar-refractivity contribution in [3.63, 3.8) is 0 Å². The normalized spacial score (nSPS) is 27.0. The zero-order valence-electron chi connectivity index (χ0n) is 17.7. The van der Waals surface area contributed by atoms with Gasteiger partial charge in [-0.3, -0.25) is 10.1 Å². The first-order valence-electron chi connectivity index (χ1n) is 10.6. The van der Waals surface area contributed by atoms with Crippen LogP contribution in [-0.4, -0.2) is 89.3 Å². The number of guanidine groups is 1. The molecule has 4 unspecified atom stereocenters. The van der Waals surface area contributed by atoms with Crippen LogP contribution in [0.1, 0.15) is 19.8 Å². The maximum absolute atomic E-state index is 12.7. The lowest BCUT2D eigenvalue weighted by Gasteiger charge is -2.40. The molecular formula is C21H28ClN5O4. The van der Waals surface area contributed by atoms with Gasteiger partial charge in [0.1, 0.15) is 18.5 Å². The molecule has 10 heteroatoms. The number of carbonyl (C=O) groups excluding carboxylic acids is 2. The summed E-state index contributed by atoms with van der Waals surface area (Å²) in [7, 11) is 1.63. The number of hydrogen-bond donors (Lipinski definition) is 2. The molecule has 0 aromatic heterocycles. The first-order valence-corrected chi connectivity index (χ1v) is 10.9. The quantitative estimate of drug-likeness (QED) is 0.704. The van der Waals surface area contributed by atoms with Gasteiger partial charge >= 0.3 is 6.03 Å². The standard InChI is InChI=1S/C21H28ClN5O4/c1-13-4-3-9-26(10-13)20-23-18-17(19(29)24-21(30)25(18)2)27(20)11-15(28)12-31-16-7-5-14(22)6-8-16/h5-8,13,15,17-18,28H,3-4,9-12H2,1-2H3,(H,24,29,30). The van der Waals surface area contributed by atoms with Crippen LogP contribution in [0.4, 0.5) is 4.79 Å². The summed E-state index contributed by atoms with van der Waals surface area (Å²) in [5.74, 6) is 1.36. The Hall–Kier alpha value is -2.52. The molecule has 3 aliphatic heterocycles. The average molecular weight is 450 g/mol. The number of rotatable bonds is 5. The lowest BCUT2D eigenvalue weighted by molar-refractivity contribution is -0.127. The van der Waals surface area contributed by atoms with Crippen molar-refractivity contribution in [2.45, 2.75) is 38.1 Å². The minimum atomic E-state index is -0.863. The molecule has 0 aliphatic carbocycles. The van der Waals surface area contributed by atoms with E-state index in [0.717, 1.165) is 25.9 Å². The van der Waals surface area contributed by atoms with Crippen LogP contribution in [-0.2, 0) is 4.79 Å². The van der Waals surface area contributed by atoms with Gasteiger partial charge < -0.3 is 24.5 Å². The highest BCUT2D eigenvalue weighted by molar-refractivity contribution is 6.30. The highest BCUT2D eigenvalue weighted by Gasteiger charge is 2.50. The molecule has 1 aromatic rings. The molecule has 4 atom stereocenters. The van der Waals surface area contributed by atoms with Gasteiger partial charge in [-0.25, -0.2) is 9.79 Å². The monoisotopic (exact) mass is 449 g/mol. The number of imide groups is 1. The highest BCUT2D eigenvalue weighted by Crippen LogP contribution is 2.28. The van der Waals surface area contributed by atoms with E-state index in [1.807, 2.05) is 4.90 Å². The van der Waals surface area contributed by atoms with E-state index in [2.05, 4.69) is 17.1 Å². The predicted molar refractivity (Wildman–Crippen MR) is 116 cm³/mol. The van der Waals surface area contributed by atoms with Gasteiger partial charge in [0, 0.05) is 25.2 Å². The number of ether oxygens (including phenoxy) is 1. The second-order valence-electron chi connectivity index (χ2n) is 8.46. The molecule has 3 amide bonds. The Bertz CT molecular complexity index is 864. The van der Waals surface area contributed by atoms with Crippen molar-refractivity contribution in [2.24, 2.45) is 10.9 Å². The summed E-state index contributed by atoms with van der Waals surface area (Å²) in [5.41, 5.74) is 0. The van der Waals surface area contributed by atoms with E-state index >= 15 is 0 Å². The number of benzene rings is 1. The number of aliphatic hydroxyl groups is 1. The van der Waals surface area contributed by atoms with Crippen LogP contribution in [0, 0.1) is 5.92 Å². The molecule has 2 saturated heterocycles. The van der Waals surface area contributed by atoms with E-state index in [9.17, 15) is 14.7 Å². The molecule has 2 N–H and O–H groups in total. The second kappa shape index (κ2) is 8.92. The van der Waals surface area contributed by atoms with Crippen molar-refractivity contribution in [1.29, 1.82) is 0 Å². The Morgan fingerprint density at radius 2 is 2.06 bits per heavy atom. The van der Waals surface area contributed by atoms with Crippen LogP contribution in [0.3, 0.4) is 0 Å². The SMILES string of the molecule is CC1CCCN(C2=NC3C(C(=O)NC(=O)N3C)N2CC(O)COc2ccc(Cl)cc2)C1. The summed E-state index contributed by atoms with van der Waals surface area (Å²) in [4.78, 5) is 35.0. The Kier molecular flexibility index (Phi) is 6.24. The van der Waals surface area contributed by atoms with Crippen molar-refractivity contribution < 1.29 is 19.4 Å². The lowest BCUT2D eigenvalue weighted by atomic mass is 10.0. The molecule has 1 aromatic carbocycles. The molecule has 31 heavy (non-hydrogen) atoms. The van der Waals surface area contributed by atoms with Gasteiger partial charge in [0.25, 0.3) is 5.91 Å². The third kappa shape index (κ3) is 4.57. The molecule has 0 bridgehead atoms. The smallest absolute Gasteiger partial charge is 0.325 e. The molecule has 0 spiro atoms. The Labute approximate surface area is 186 Å². The van der Waals surface area contributed by atoms with Gasteiger partial charge in [-0.15, -0.1) is 0 Å². The molecule has 3 heterocycles. The van der Waals surface area contributed by atoms with E-state index in [4.69, 9.17) is 21.3 Å². The van der Waals surface area contributed by atoms with Crippen LogP contribution < -0.4 is 10.1 Å². The maximum Gasteiger partial charge on any atom is 0.325 e. The molecule has 0 radical (unpaired) electrons. The van der Waals surface area contributed by atoms with E-state index in [-0.39, 0.29) is 13.2 Å². The number of β-amino-alcohol motifs (C(OH)–C–C–N with tert-alkyl or cyclic N) is 1. The highest BCUT2D eigenvalue weighted by atomic mass is 35.5. The average Bonchev–Trinajstić information content (AvgIpc) is 3.11. The van der Waals surface area contributed by atoms with E-state index < -0.39 is 30.2 Å². The molecule has 4 rings (SSSR count). The summed E-state index contributed by atoms with van der Waals surface area (Å²) in [6.45, 7) is 4.06. The Balaban J connectivity index is 1.50. The summed E-state index contributed by atoms with van der Waals surface area (Å²) in [5, 5.41) is 13.7. The fourth-order valence-corrected chi connectivity index (χ4v) is 4.47. The van der Waals surface area contributed by atoms with Crippen LogP contribution in [0.5, 0.6) is 5.75 Å². The summed E-state index contributed by atoms with van der Waals surface area (Å²) >= 11 is 5.89. The number of carbonyl (C=O) groups is 2. The largest absolute Gasteiger partial charge is 0.491 e. The van der Waals surface area contributed by atoms with Crippen molar-refractivity contribution >= 4 is 29.5 Å².